The van der Waals surface area contributed by atoms with Crippen molar-refractivity contribution in [3.8, 4) is 0 Å². The average molecular weight is 1020 g/mol. The lowest BCUT2D eigenvalue weighted by molar-refractivity contribution is -0.295. The summed E-state index contributed by atoms with van der Waals surface area (Å²) >= 11 is 0.972. The predicted molar refractivity (Wildman–Crippen MR) is 262 cm³/mol. The van der Waals surface area contributed by atoms with Crippen molar-refractivity contribution in [1.82, 2.24) is 0 Å². The molecule has 3 aromatic rings. The maximum absolute atomic E-state index is 14.1. The van der Waals surface area contributed by atoms with Gasteiger partial charge in [-0.05, 0) is 119 Å². The minimum absolute atomic E-state index is 0.112. The highest BCUT2D eigenvalue weighted by molar-refractivity contribution is 8.00. The summed E-state index contributed by atoms with van der Waals surface area (Å²) in [5.74, 6) is -5.36. The molecule has 2 fully saturated rings. The van der Waals surface area contributed by atoms with Crippen molar-refractivity contribution in [1.29, 1.82) is 0 Å². The summed E-state index contributed by atoms with van der Waals surface area (Å²) in [6.07, 6.45) is -12.2. The first kappa shape index (κ1) is 57.1. The normalized spacial score (nSPS) is 24.7. The Labute approximate surface area is 425 Å². The van der Waals surface area contributed by atoms with Crippen LogP contribution in [0.25, 0.3) is 0 Å². The maximum atomic E-state index is 14.1. The van der Waals surface area contributed by atoms with Gasteiger partial charge in [0.15, 0.2) is 42.9 Å². The second-order valence-electron chi connectivity index (χ2n) is 21.6. The Balaban J connectivity index is 1.65. The number of rotatable bonds is 15. The lowest BCUT2D eigenvalue weighted by Crippen LogP contribution is -2.64. The van der Waals surface area contributed by atoms with Crippen molar-refractivity contribution in [2.45, 2.75) is 143 Å². The van der Waals surface area contributed by atoms with E-state index in [-0.39, 0.29) is 23.3 Å². The predicted octanol–water partition coefficient (Wildman–Crippen LogP) is 7.96. The first-order chi connectivity index (χ1) is 33.6. The zero-order valence-electron chi connectivity index (χ0n) is 43.2. The van der Waals surface area contributed by atoms with Crippen LogP contribution >= 0.6 is 11.8 Å². The van der Waals surface area contributed by atoms with Crippen LogP contribution < -0.4 is 0 Å². The molecular weight excluding hydrogens is 953 g/mol. The van der Waals surface area contributed by atoms with E-state index in [0.717, 1.165) is 11.8 Å². The highest BCUT2D eigenvalue weighted by Gasteiger charge is 2.57. The van der Waals surface area contributed by atoms with Crippen molar-refractivity contribution in [2.24, 2.45) is 21.7 Å². The van der Waals surface area contributed by atoms with Gasteiger partial charge in [0.25, 0.3) is 0 Å². The quantitative estimate of drug-likeness (QED) is 0.104. The van der Waals surface area contributed by atoms with Gasteiger partial charge < -0.3 is 47.4 Å². The Morgan fingerprint density at radius 3 is 1.21 bits per heavy atom. The van der Waals surface area contributed by atoms with Crippen LogP contribution in [-0.2, 0) is 66.5 Å². The van der Waals surface area contributed by atoms with Crippen LogP contribution in [0, 0.1) is 21.7 Å². The number of methoxy groups -OCH3 is 1. The zero-order valence-corrected chi connectivity index (χ0v) is 44.0. The van der Waals surface area contributed by atoms with Gasteiger partial charge in [0, 0.05) is 7.11 Å². The Morgan fingerprint density at radius 1 is 0.444 bits per heavy atom. The summed E-state index contributed by atoms with van der Waals surface area (Å²) in [6, 6.07) is 23.9. The van der Waals surface area contributed by atoms with Gasteiger partial charge in [0.05, 0.1) is 50.2 Å². The second-order valence-corrected chi connectivity index (χ2v) is 22.9. The molecule has 2 saturated heterocycles. The van der Waals surface area contributed by atoms with E-state index < -0.39 is 130 Å². The maximum Gasteiger partial charge on any atom is 0.338 e. The van der Waals surface area contributed by atoms with Crippen molar-refractivity contribution >= 4 is 53.5 Å². The summed E-state index contributed by atoms with van der Waals surface area (Å²) in [4.78, 5) is 97.0. The number of hydrogen-bond donors (Lipinski definition) is 0. The topological polar surface area (TPSA) is 212 Å². The molecule has 0 aliphatic carbocycles. The number of ether oxygens (including phenoxy) is 10. The SMILES string of the molecule is CO[C@@H]1O[C@H](CO[C@@H]2S[C@H](COC(=O)C(C)(C)C)[C@@H](OC(=O)C(C)(C)C)[C@H](OC(=O)C(C)(C)C)[C@H]2OC(=O)C(C)(C)C)[C@@H](OC(=O)c2ccccc2)[C@H](OC(=O)c2ccccc2)[C@H]1OC(=O)c1ccccc1. The van der Waals surface area contributed by atoms with Crippen LogP contribution in [-0.4, -0.2) is 122 Å². The third-order valence-corrected chi connectivity index (χ3v) is 12.6. The van der Waals surface area contributed by atoms with Crippen molar-refractivity contribution in [3.05, 3.63) is 108 Å². The fourth-order valence-corrected chi connectivity index (χ4v) is 8.29. The molecule has 0 radical (unpaired) electrons. The summed E-state index contributed by atoms with van der Waals surface area (Å²) in [5, 5.41) is -1.03. The van der Waals surface area contributed by atoms with Gasteiger partial charge in [-0.25, -0.2) is 14.4 Å². The molecule has 2 heterocycles. The largest absolute Gasteiger partial charge is 0.464 e. The van der Waals surface area contributed by atoms with Gasteiger partial charge in [0.2, 0.25) is 0 Å². The second kappa shape index (κ2) is 23.8. The molecule has 5 rings (SSSR count). The summed E-state index contributed by atoms with van der Waals surface area (Å²) in [7, 11) is 1.27. The van der Waals surface area contributed by atoms with E-state index in [9.17, 15) is 33.6 Å². The minimum atomic E-state index is -1.63. The van der Waals surface area contributed by atoms with Gasteiger partial charge in [-0.2, -0.15) is 0 Å². The molecule has 0 spiro atoms. The molecule has 0 saturated carbocycles. The summed E-state index contributed by atoms with van der Waals surface area (Å²) in [6.45, 7) is 18.7. The van der Waals surface area contributed by atoms with Crippen molar-refractivity contribution < 1.29 is 80.9 Å². The van der Waals surface area contributed by atoms with E-state index in [1.807, 2.05) is 0 Å². The number of thioether (sulfide) groups is 1. The van der Waals surface area contributed by atoms with Gasteiger partial charge in [0.1, 0.15) is 18.1 Å². The van der Waals surface area contributed by atoms with Gasteiger partial charge in [-0.3, -0.25) is 19.2 Å². The molecule has 2 aliphatic rings. The van der Waals surface area contributed by atoms with Gasteiger partial charge in [-0.15, -0.1) is 11.8 Å². The molecule has 0 bridgehead atoms. The number of benzene rings is 3. The molecule has 0 amide bonds. The van der Waals surface area contributed by atoms with Crippen molar-refractivity contribution in [3.63, 3.8) is 0 Å². The van der Waals surface area contributed by atoms with E-state index >= 15 is 0 Å². The molecule has 10 atom stereocenters. The molecule has 2 aliphatic heterocycles. The van der Waals surface area contributed by atoms with Crippen molar-refractivity contribution in [2.75, 3.05) is 20.3 Å². The fourth-order valence-electron chi connectivity index (χ4n) is 6.92. The number of hydrogen-bond acceptors (Lipinski definition) is 18. The van der Waals surface area contributed by atoms with E-state index in [2.05, 4.69) is 0 Å². The summed E-state index contributed by atoms with van der Waals surface area (Å²) < 4.78 is 61.8. The number of carbonyl (C=O) groups excluding carboxylic acids is 7. The number of carbonyl (C=O) groups is 7. The molecule has 72 heavy (non-hydrogen) atoms. The smallest absolute Gasteiger partial charge is 0.338 e. The van der Waals surface area contributed by atoms with Crippen LogP contribution in [0.2, 0.25) is 0 Å². The molecule has 3 aromatic carbocycles. The first-order valence-corrected chi connectivity index (χ1v) is 24.6. The van der Waals surface area contributed by atoms with E-state index in [4.69, 9.17) is 47.4 Å². The molecule has 0 N–H and O–H groups in total. The molecular formula is C54H68O17S. The van der Waals surface area contributed by atoms with E-state index in [1.54, 1.807) is 138 Å². The van der Waals surface area contributed by atoms with Crippen LogP contribution in [0.1, 0.15) is 114 Å². The Hall–Kier alpha value is -5.82. The number of esters is 7. The lowest BCUT2D eigenvalue weighted by Gasteiger charge is -2.47. The molecule has 17 nitrogen and oxygen atoms in total. The Morgan fingerprint density at radius 2 is 0.806 bits per heavy atom. The monoisotopic (exact) mass is 1020 g/mol. The van der Waals surface area contributed by atoms with Crippen LogP contribution in [0.15, 0.2) is 91.0 Å². The zero-order chi connectivity index (χ0) is 53.3. The van der Waals surface area contributed by atoms with E-state index in [1.165, 1.54) is 43.5 Å². The Kier molecular flexibility index (Phi) is 18.9. The fraction of sp³-hybridized carbons (Fsp3) is 0.537. The molecule has 0 unspecified atom stereocenters. The molecule has 392 valence electrons. The average Bonchev–Trinajstić information content (AvgIpc) is 3.32. The third-order valence-electron chi connectivity index (χ3n) is 11.2. The van der Waals surface area contributed by atoms with Crippen LogP contribution in [0.4, 0.5) is 0 Å². The van der Waals surface area contributed by atoms with Crippen LogP contribution in [0.3, 0.4) is 0 Å². The highest BCUT2D eigenvalue weighted by atomic mass is 32.2. The van der Waals surface area contributed by atoms with Gasteiger partial charge in [-0.1, -0.05) is 54.6 Å². The Bertz CT molecular complexity index is 2350. The molecule has 18 heteroatoms. The third kappa shape index (κ3) is 15.1. The van der Waals surface area contributed by atoms with E-state index in [0.29, 0.717) is 0 Å². The summed E-state index contributed by atoms with van der Waals surface area (Å²) in [5.41, 5.74) is -5.24. The lowest BCUT2D eigenvalue weighted by atomic mass is 9.94. The standard InChI is InChI=1S/C54H68O17S/c1-51(2,3)47(58)64-30-35-37(69-48(59)52(4,5)6)39(70-49(60)53(7,8)9)41(71-50(61)54(10,11)12)46(72-35)63-29-34-36(66-42(55)31-23-17-14-18-24-31)38(67-43(56)32-25-19-15-20-26-32)40(45(62-13)65-34)68-44(57)33-27-21-16-22-28-33/h14-28,34-41,45-46H,29-30H2,1-13H3/t34-,35-,36-,37-,38+,39+,40-,41-,45-,46-/m1/s1. The van der Waals surface area contributed by atoms with Crippen LogP contribution in [0.5, 0.6) is 0 Å². The molecule has 0 aromatic heterocycles. The minimum Gasteiger partial charge on any atom is -0.464 e. The first-order valence-electron chi connectivity index (χ1n) is 23.6. The highest BCUT2D eigenvalue weighted by Crippen LogP contribution is 2.42. The van der Waals surface area contributed by atoms with Gasteiger partial charge >= 0.3 is 41.8 Å².